The number of hydrogen-bond acceptors (Lipinski definition) is 5. The Morgan fingerprint density at radius 2 is 1.81 bits per heavy atom. The van der Waals surface area contributed by atoms with Crippen molar-refractivity contribution in [2.24, 2.45) is 0 Å². The van der Waals surface area contributed by atoms with Gasteiger partial charge in [0.05, 0.1) is 11.9 Å². The first-order valence-electron chi connectivity index (χ1n) is 8.59. The fourth-order valence-electron chi connectivity index (χ4n) is 3.47. The Morgan fingerprint density at radius 1 is 1.07 bits per heavy atom. The molecule has 4 rings (SSSR count). The van der Waals surface area contributed by atoms with Crippen LogP contribution in [0.15, 0.2) is 42.6 Å². The van der Waals surface area contributed by atoms with Crippen LogP contribution in [0.5, 0.6) is 0 Å². The largest absolute Gasteiger partial charge is 0.383 e. The summed E-state index contributed by atoms with van der Waals surface area (Å²) in [6.45, 7) is 5.88. The molecule has 0 radical (unpaired) electrons. The van der Waals surface area contributed by atoms with Crippen molar-refractivity contribution in [1.29, 1.82) is 5.26 Å². The van der Waals surface area contributed by atoms with Crippen molar-refractivity contribution in [3.05, 3.63) is 65.1 Å². The third kappa shape index (κ3) is 2.61. The van der Waals surface area contributed by atoms with E-state index in [9.17, 15) is 5.26 Å². The van der Waals surface area contributed by atoms with E-state index in [1.165, 1.54) is 0 Å². The second kappa shape index (κ2) is 6.22. The summed E-state index contributed by atoms with van der Waals surface area (Å²) in [7, 11) is 0. The number of nitrogens with two attached hydrogens (primary N) is 1. The Labute approximate surface area is 156 Å². The van der Waals surface area contributed by atoms with Gasteiger partial charge in [0.1, 0.15) is 17.5 Å². The van der Waals surface area contributed by atoms with Crippen molar-refractivity contribution >= 4 is 11.5 Å². The maximum Gasteiger partial charge on any atom is 0.163 e. The van der Waals surface area contributed by atoms with E-state index in [1.54, 1.807) is 10.7 Å². The average Bonchev–Trinajstić information content (AvgIpc) is 3.07. The monoisotopic (exact) mass is 354 g/mol. The minimum Gasteiger partial charge on any atom is -0.383 e. The van der Waals surface area contributed by atoms with Crippen LogP contribution in [0.3, 0.4) is 0 Å². The number of aryl methyl sites for hydroxylation is 2. The van der Waals surface area contributed by atoms with Gasteiger partial charge in [-0.25, -0.2) is 14.5 Å². The summed E-state index contributed by atoms with van der Waals surface area (Å²) in [5.41, 5.74) is 13.2. The normalized spacial score (nSPS) is 10.9. The number of nitriles is 1. The van der Waals surface area contributed by atoms with E-state index in [0.29, 0.717) is 11.2 Å². The van der Waals surface area contributed by atoms with Crippen LogP contribution in [-0.4, -0.2) is 19.6 Å². The molecule has 4 aromatic rings. The van der Waals surface area contributed by atoms with Crippen LogP contribution < -0.4 is 5.73 Å². The maximum atomic E-state index is 9.75. The lowest BCUT2D eigenvalue weighted by Crippen LogP contribution is -2.04. The van der Waals surface area contributed by atoms with Crippen LogP contribution >= 0.6 is 0 Å². The predicted molar refractivity (Wildman–Crippen MR) is 105 cm³/mol. The highest BCUT2D eigenvalue weighted by atomic mass is 15.3. The van der Waals surface area contributed by atoms with Crippen molar-refractivity contribution in [2.45, 2.75) is 20.8 Å². The van der Waals surface area contributed by atoms with E-state index in [-0.39, 0.29) is 5.82 Å². The number of nitrogens with zero attached hydrogens (tertiary/aromatic N) is 5. The summed E-state index contributed by atoms with van der Waals surface area (Å²) in [5.74, 6) is 0.209. The first-order valence-corrected chi connectivity index (χ1v) is 8.59. The summed E-state index contributed by atoms with van der Waals surface area (Å²) >= 11 is 0. The molecule has 0 aliphatic rings. The number of benzene rings is 1. The SMILES string of the molecule is Cc1cc(C)n2ncc(-c3c(C)c(-c4ccccc4)nc(N)c3C#N)c2n1. The second-order valence-electron chi connectivity index (χ2n) is 6.53. The van der Waals surface area contributed by atoms with Crippen LogP contribution in [-0.2, 0) is 0 Å². The smallest absolute Gasteiger partial charge is 0.163 e. The molecule has 3 heterocycles. The van der Waals surface area contributed by atoms with Crippen LogP contribution in [0.25, 0.3) is 28.0 Å². The standard InChI is InChI=1S/C21H18N6/c1-12-9-13(2)27-21(25-12)17(11-24-27)18-14(3)19(15-7-5-4-6-8-15)26-20(23)16(18)10-22/h4-9,11H,1-3H3,(H2,23,26). The van der Waals surface area contributed by atoms with Crippen molar-refractivity contribution in [3.8, 4) is 28.5 Å². The van der Waals surface area contributed by atoms with E-state index in [2.05, 4.69) is 21.1 Å². The first kappa shape index (κ1) is 16.7. The van der Waals surface area contributed by atoms with E-state index >= 15 is 0 Å². The Kier molecular flexibility index (Phi) is 3.85. The van der Waals surface area contributed by atoms with Gasteiger partial charge in [-0.2, -0.15) is 10.4 Å². The summed E-state index contributed by atoms with van der Waals surface area (Å²) in [4.78, 5) is 9.16. The lowest BCUT2D eigenvalue weighted by molar-refractivity contribution is 0.886. The molecular formula is C21H18N6. The van der Waals surface area contributed by atoms with Crippen molar-refractivity contribution in [3.63, 3.8) is 0 Å². The van der Waals surface area contributed by atoms with Gasteiger partial charge < -0.3 is 5.73 Å². The highest BCUT2D eigenvalue weighted by Crippen LogP contribution is 2.37. The van der Waals surface area contributed by atoms with Gasteiger partial charge >= 0.3 is 0 Å². The fourth-order valence-corrected chi connectivity index (χ4v) is 3.47. The van der Waals surface area contributed by atoms with E-state index in [1.807, 2.05) is 57.2 Å². The van der Waals surface area contributed by atoms with Crippen molar-refractivity contribution < 1.29 is 0 Å². The van der Waals surface area contributed by atoms with Gasteiger partial charge in [-0.15, -0.1) is 0 Å². The molecule has 0 fully saturated rings. The topological polar surface area (TPSA) is 92.9 Å². The number of hydrogen-bond donors (Lipinski definition) is 1. The predicted octanol–water partition coefficient (Wildman–Crippen LogP) is 3.84. The molecule has 6 heteroatoms. The lowest BCUT2D eigenvalue weighted by Gasteiger charge is -2.14. The molecule has 6 nitrogen and oxygen atoms in total. The zero-order valence-corrected chi connectivity index (χ0v) is 15.4. The molecule has 0 bridgehead atoms. The zero-order chi connectivity index (χ0) is 19.1. The summed E-state index contributed by atoms with van der Waals surface area (Å²) in [6, 6.07) is 14.0. The van der Waals surface area contributed by atoms with Gasteiger partial charge in [0.25, 0.3) is 0 Å². The number of aromatic nitrogens is 4. The highest BCUT2D eigenvalue weighted by Gasteiger charge is 2.22. The van der Waals surface area contributed by atoms with Gasteiger partial charge in [-0.3, -0.25) is 0 Å². The van der Waals surface area contributed by atoms with Gasteiger partial charge in [-0.1, -0.05) is 30.3 Å². The Balaban J connectivity index is 2.10. The van der Waals surface area contributed by atoms with Gasteiger partial charge in [0.2, 0.25) is 0 Å². The van der Waals surface area contributed by atoms with Crippen LogP contribution in [0.2, 0.25) is 0 Å². The van der Waals surface area contributed by atoms with Gasteiger partial charge in [0.15, 0.2) is 5.65 Å². The van der Waals surface area contributed by atoms with Crippen LogP contribution in [0.4, 0.5) is 5.82 Å². The molecule has 0 saturated heterocycles. The fraction of sp³-hybridized carbons (Fsp3) is 0.143. The first-order chi connectivity index (χ1) is 13.0. The zero-order valence-electron chi connectivity index (χ0n) is 15.4. The van der Waals surface area contributed by atoms with Crippen molar-refractivity contribution in [2.75, 3.05) is 5.73 Å². The van der Waals surface area contributed by atoms with Crippen LogP contribution in [0.1, 0.15) is 22.5 Å². The second-order valence-corrected chi connectivity index (χ2v) is 6.53. The minimum absolute atomic E-state index is 0.209. The molecule has 1 aromatic carbocycles. The minimum atomic E-state index is 0.209. The summed E-state index contributed by atoms with van der Waals surface area (Å²) in [6.07, 6.45) is 1.74. The maximum absolute atomic E-state index is 9.75. The van der Waals surface area contributed by atoms with E-state index < -0.39 is 0 Å². The van der Waals surface area contributed by atoms with E-state index in [4.69, 9.17) is 5.73 Å². The molecule has 0 saturated carbocycles. The lowest BCUT2D eigenvalue weighted by atomic mass is 9.94. The number of pyridine rings is 1. The molecule has 27 heavy (non-hydrogen) atoms. The molecule has 0 aliphatic heterocycles. The quantitative estimate of drug-likeness (QED) is 0.590. The van der Waals surface area contributed by atoms with Crippen molar-refractivity contribution in [1.82, 2.24) is 19.6 Å². The average molecular weight is 354 g/mol. The summed E-state index contributed by atoms with van der Waals surface area (Å²) < 4.78 is 1.78. The Hall–Kier alpha value is -3.72. The molecule has 2 N–H and O–H groups in total. The molecular weight excluding hydrogens is 336 g/mol. The number of rotatable bonds is 2. The molecule has 0 amide bonds. The molecule has 0 aliphatic carbocycles. The Morgan fingerprint density at radius 3 is 2.52 bits per heavy atom. The number of fused-ring (bicyclic) bond motifs is 1. The number of nitrogen functional groups attached to an aromatic ring is 1. The number of anilines is 1. The van der Waals surface area contributed by atoms with Gasteiger partial charge in [-0.05, 0) is 32.4 Å². The molecule has 0 atom stereocenters. The van der Waals surface area contributed by atoms with Gasteiger partial charge in [0, 0.05) is 28.1 Å². The van der Waals surface area contributed by atoms with Crippen LogP contribution in [0, 0.1) is 32.1 Å². The third-order valence-corrected chi connectivity index (χ3v) is 4.67. The molecule has 132 valence electrons. The highest BCUT2D eigenvalue weighted by molar-refractivity contribution is 5.89. The molecule has 0 spiro atoms. The Bertz CT molecular complexity index is 1220. The third-order valence-electron chi connectivity index (χ3n) is 4.67. The molecule has 0 unspecified atom stereocenters. The molecule has 3 aromatic heterocycles. The van der Waals surface area contributed by atoms with E-state index in [0.717, 1.165) is 39.3 Å². The summed E-state index contributed by atoms with van der Waals surface area (Å²) in [5, 5.41) is 14.2.